The molecule has 1 saturated heterocycles. The van der Waals surface area contributed by atoms with Crippen molar-refractivity contribution in [3.05, 3.63) is 53.1 Å². The summed E-state index contributed by atoms with van der Waals surface area (Å²) >= 11 is 0. The van der Waals surface area contributed by atoms with E-state index in [0.717, 1.165) is 28.8 Å². The molecule has 1 fully saturated rings. The Morgan fingerprint density at radius 3 is 2.61 bits per heavy atom. The smallest absolute Gasteiger partial charge is 0.243 e. The van der Waals surface area contributed by atoms with Crippen molar-refractivity contribution in [2.45, 2.75) is 51.9 Å². The molecule has 31 heavy (non-hydrogen) atoms. The van der Waals surface area contributed by atoms with Gasteiger partial charge in [-0.1, -0.05) is 25.1 Å². The molecule has 2 aromatic carbocycles. The number of para-hydroxylation sites is 1. The lowest BCUT2D eigenvalue weighted by atomic mass is 9.98. The average molecular weight is 445 g/mol. The van der Waals surface area contributed by atoms with Crippen molar-refractivity contribution >= 4 is 21.6 Å². The van der Waals surface area contributed by atoms with Crippen molar-refractivity contribution in [2.24, 2.45) is 5.92 Å². The first-order valence-electron chi connectivity index (χ1n) is 10.9. The van der Waals surface area contributed by atoms with Crippen LogP contribution in [0.2, 0.25) is 0 Å². The van der Waals surface area contributed by atoms with Crippen LogP contribution in [-0.4, -0.2) is 38.3 Å². The summed E-state index contributed by atoms with van der Waals surface area (Å²) in [4.78, 5) is 13.3. The predicted molar refractivity (Wildman–Crippen MR) is 123 cm³/mol. The maximum absolute atomic E-state index is 13.2. The number of carbonyl (C=O) groups excluding carboxylic acids is 1. The molecule has 2 aromatic rings. The molecule has 0 spiro atoms. The third-order valence-corrected chi connectivity index (χ3v) is 7.69. The fraction of sp³-hybridized carbons (Fsp3) is 0.458. The molecular weight excluding hydrogens is 412 g/mol. The largest absolute Gasteiger partial charge is 0.494 e. The van der Waals surface area contributed by atoms with Gasteiger partial charge in [0, 0.05) is 18.8 Å². The van der Waals surface area contributed by atoms with Crippen LogP contribution in [0.15, 0.2) is 41.3 Å². The van der Waals surface area contributed by atoms with Crippen molar-refractivity contribution in [1.82, 2.24) is 4.31 Å². The van der Waals surface area contributed by atoms with E-state index in [2.05, 4.69) is 12.2 Å². The number of piperidine rings is 1. The molecule has 0 saturated carbocycles. The van der Waals surface area contributed by atoms with Crippen LogP contribution in [0.25, 0.3) is 0 Å². The van der Waals surface area contributed by atoms with Gasteiger partial charge in [0.05, 0.1) is 17.4 Å². The summed E-state index contributed by atoms with van der Waals surface area (Å²) in [5.74, 6) is 0.186. The highest BCUT2D eigenvalue weighted by molar-refractivity contribution is 7.89. The standard InChI is InChI=1S/C24H32N2O4S/c1-5-19-10-7-9-17(3)23(19)25-24(27)20-11-8-14-26(16-20)31(28,29)21-12-13-22(30-6-2)18(4)15-21/h7,9-10,12-13,15,20H,5-6,8,11,14,16H2,1-4H3,(H,25,27)/t20-/m0/s1. The first-order valence-corrected chi connectivity index (χ1v) is 12.3. The molecule has 1 aliphatic heterocycles. The first-order chi connectivity index (χ1) is 14.8. The number of amides is 1. The van der Waals surface area contributed by atoms with Gasteiger partial charge in [-0.2, -0.15) is 4.31 Å². The molecule has 0 bridgehead atoms. The number of ether oxygens (including phenoxy) is 1. The van der Waals surface area contributed by atoms with E-state index in [1.54, 1.807) is 18.2 Å². The van der Waals surface area contributed by atoms with E-state index in [0.29, 0.717) is 31.7 Å². The van der Waals surface area contributed by atoms with Crippen molar-refractivity contribution in [2.75, 3.05) is 25.0 Å². The van der Waals surface area contributed by atoms with Crippen molar-refractivity contribution in [3.8, 4) is 5.75 Å². The minimum atomic E-state index is -3.68. The highest BCUT2D eigenvalue weighted by Gasteiger charge is 2.33. The Morgan fingerprint density at radius 2 is 1.94 bits per heavy atom. The van der Waals surface area contributed by atoms with Crippen LogP contribution in [0.5, 0.6) is 5.75 Å². The van der Waals surface area contributed by atoms with Crippen LogP contribution in [0.4, 0.5) is 5.69 Å². The van der Waals surface area contributed by atoms with Gasteiger partial charge in [-0.3, -0.25) is 4.79 Å². The Balaban J connectivity index is 1.77. The number of sulfonamides is 1. The maximum Gasteiger partial charge on any atom is 0.243 e. The number of nitrogens with zero attached hydrogens (tertiary/aromatic N) is 1. The summed E-state index contributed by atoms with van der Waals surface area (Å²) in [7, 11) is -3.68. The number of nitrogens with one attached hydrogen (secondary N) is 1. The van der Waals surface area contributed by atoms with Gasteiger partial charge in [-0.05, 0) is 74.9 Å². The average Bonchev–Trinajstić information content (AvgIpc) is 2.76. The number of rotatable bonds is 7. The molecule has 7 heteroatoms. The van der Waals surface area contributed by atoms with Crippen LogP contribution in [-0.2, 0) is 21.2 Å². The highest BCUT2D eigenvalue weighted by Crippen LogP contribution is 2.29. The van der Waals surface area contributed by atoms with Gasteiger partial charge in [0.1, 0.15) is 5.75 Å². The second-order valence-electron chi connectivity index (χ2n) is 8.01. The van der Waals surface area contributed by atoms with Gasteiger partial charge in [0.15, 0.2) is 0 Å². The van der Waals surface area contributed by atoms with Gasteiger partial charge in [-0.25, -0.2) is 8.42 Å². The molecule has 3 rings (SSSR count). The summed E-state index contributed by atoms with van der Waals surface area (Å²) in [6.07, 6.45) is 2.15. The molecule has 1 amide bonds. The maximum atomic E-state index is 13.2. The van der Waals surface area contributed by atoms with Crippen LogP contribution < -0.4 is 10.1 Å². The molecule has 1 N–H and O–H groups in total. The minimum Gasteiger partial charge on any atom is -0.494 e. The Hall–Kier alpha value is -2.38. The van der Waals surface area contributed by atoms with E-state index >= 15 is 0 Å². The van der Waals surface area contributed by atoms with E-state index in [1.165, 1.54) is 4.31 Å². The number of anilines is 1. The predicted octanol–water partition coefficient (Wildman–Crippen LogP) is 4.30. The Kier molecular flexibility index (Phi) is 7.38. The Labute approximate surface area is 185 Å². The van der Waals surface area contributed by atoms with Crippen LogP contribution in [0.1, 0.15) is 43.4 Å². The van der Waals surface area contributed by atoms with Gasteiger partial charge in [0.2, 0.25) is 15.9 Å². The van der Waals surface area contributed by atoms with Gasteiger partial charge < -0.3 is 10.1 Å². The van der Waals surface area contributed by atoms with Crippen molar-refractivity contribution in [1.29, 1.82) is 0 Å². The number of hydrogen-bond acceptors (Lipinski definition) is 4. The molecule has 1 aliphatic rings. The molecule has 168 valence electrons. The van der Waals surface area contributed by atoms with Gasteiger partial charge in [0.25, 0.3) is 0 Å². The summed E-state index contributed by atoms with van der Waals surface area (Å²) in [6.45, 7) is 8.89. The van der Waals surface area contributed by atoms with Gasteiger partial charge >= 0.3 is 0 Å². The third kappa shape index (κ3) is 5.10. The second-order valence-corrected chi connectivity index (χ2v) is 9.95. The molecule has 1 heterocycles. The van der Waals surface area contributed by atoms with Crippen molar-refractivity contribution < 1.29 is 17.9 Å². The van der Waals surface area contributed by atoms with Crippen molar-refractivity contribution in [3.63, 3.8) is 0 Å². The number of hydrogen-bond donors (Lipinski definition) is 1. The lowest BCUT2D eigenvalue weighted by Crippen LogP contribution is -2.43. The number of carbonyl (C=O) groups is 1. The zero-order chi connectivity index (χ0) is 22.6. The van der Waals surface area contributed by atoms with E-state index in [-0.39, 0.29) is 23.3 Å². The Morgan fingerprint density at radius 1 is 1.16 bits per heavy atom. The highest BCUT2D eigenvalue weighted by atomic mass is 32.2. The van der Waals surface area contributed by atoms with E-state index in [4.69, 9.17) is 4.74 Å². The summed E-state index contributed by atoms with van der Waals surface area (Å²) in [6, 6.07) is 10.9. The summed E-state index contributed by atoms with van der Waals surface area (Å²) in [5.41, 5.74) is 3.72. The monoisotopic (exact) mass is 444 g/mol. The van der Waals surface area contributed by atoms with E-state index in [1.807, 2.05) is 39.0 Å². The Bertz CT molecular complexity index is 1050. The molecule has 0 aliphatic carbocycles. The second kappa shape index (κ2) is 9.83. The lowest BCUT2D eigenvalue weighted by Gasteiger charge is -2.31. The van der Waals surface area contributed by atoms with Crippen LogP contribution in [0.3, 0.4) is 0 Å². The molecular formula is C24H32N2O4S. The number of aryl methyl sites for hydroxylation is 3. The first kappa shape index (κ1) is 23.3. The molecule has 6 nitrogen and oxygen atoms in total. The topological polar surface area (TPSA) is 75.7 Å². The summed E-state index contributed by atoms with van der Waals surface area (Å²) < 4.78 is 33.4. The normalized spacial score (nSPS) is 17.4. The van der Waals surface area contributed by atoms with Crippen LogP contribution in [0, 0.1) is 19.8 Å². The zero-order valence-electron chi connectivity index (χ0n) is 18.8. The minimum absolute atomic E-state index is 0.119. The fourth-order valence-corrected chi connectivity index (χ4v) is 5.66. The zero-order valence-corrected chi connectivity index (χ0v) is 19.6. The quantitative estimate of drug-likeness (QED) is 0.691. The molecule has 0 unspecified atom stereocenters. The fourth-order valence-electron chi connectivity index (χ4n) is 4.05. The SMILES string of the molecule is CCOc1ccc(S(=O)(=O)N2CCC[C@H](C(=O)Nc3c(C)cccc3CC)C2)cc1C. The van der Waals surface area contributed by atoms with Gasteiger partial charge in [-0.15, -0.1) is 0 Å². The molecule has 0 aromatic heterocycles. The lowest BCUT2D eigenvalue weighted by molar-refractivity contribution is -0.120. The van der Waals surface area contributed by atoms with E-state index in [9.17, 15) is 13.2 Å². The third-order valence-electron chi connectivity index (χ3n) is 5.83. The van der Waals surface area contributed by atoms with E-state index < -0.39 is 10.0 Å². The van der Waals surface area contributed by atoms with Crippen LogP contribution >= 0.6 is 0 Å². The molecule has 1 atom stereocenters. The molecule has 0 radical (unpaired) electrons. The summed E-state index contributed by atoms with van der Waals surface area (Å²) in [5, 5.41) is 3.06. The number of benzene rings is 2.